The van der Waals surface area contributed by atoms with E-state index in [1.54, 1.807) is 0 Å². The SMILES string of the molecule is O=C(O)/C=C\c1cc(O)c(O)cc1O. The summed E-state index contributed by atoms with van der Waals surface area (Å²) in [7, 11) is 0. The maximum atomic E-state index is 10.2. The highest BCUT2D eigenvalue weighted by molar-refractivity contribution is 5.86. The molecule has 5 heteroatoms. The molecule has 14 heavy (non-hydrogen) atoms. The van der Waals surface area contributed by atoms with Crippen molar-refractivity contribution in [3.8, 4) is 17.2 Å². The summed E-state index contributed by atoms with van der Waals surface area (Å²) in [4.78, 5) is 10.2. The summed E-state index contributed by atoms with van der Waals surface area (Å²) in [5.41, 5.74) is 0.114. The third-order valence-corrected chi connectivity index (χ3v) is 1.53. The van der Waals surface area contributed by atoms with Crippen LogP contribution in [0.1, 0.15) is 5.56 Å². The number of phenols is 3. The Bertz CT molecular complexity index is 394. The predicted octanol–water partition coefficient (Wildman–Crippen LogP) is 0.901. The van der Waals surface area contributed by atoms with E-state index in [4.69, 9.17) is 15.3 Å². The molecule has 1 rings (SSSR count). The monoisotopic (exact) mass is 196 g/mol. The summed E-state index contributed by atoms with van der Waals surface area (Å²) >= 11 is 0. The van der Waals surface area contributed by atoms with Crippen LogP contribution in [0.3, 0.4) is 0 Å². The van der Waals surface area contributed by atoms with Crippen LogP contribution in [0.4, 0.5) is 0 Å². The molecule has 4 N–H and O–H groups in total. The van der Waals surface area contributed by atoms with Crippen molar-refractivity contribution in [2.45, 2.75) is 0 Å². The summed E-state index contributed by atoms with van der Waals surface area (Å²) in [6.45, 7) is 0. The summed E-state index contributed by atoms with van der Waals surface area (Å²) in [6, 6.07) is 1.99. The first-order valence-electron chi connectivity index (χ1n) is 3.66. The Balaban J connectivity index is 3.10. The Hall–Kier alpha value is -2.17. The van der Waals surface area contributed by atoms with Gasteiger partial charge in [0.05, 0.1) is 0 Å². The number of carboxylic acids is 1. The molecule has 0 saturated carbocycles. The minimum Gasteiger partial charge on any atom is -0.507 e. The summed E-state index contributed by atoms with van der Waals surface area (Å²) in [6.07, 6.45) is 1.92. The smallest absolute Gasteiger partial charge is 0.328 e. The van der Waals surface area contributed by atoms with Gasteiger partial charge in [0.2, 0.25) is 0 Å². The van der Waals surface area contributed by atoms with E-state index in [0.717, 1.165) is 24.3 Å². The minimum atomic E-state index is -1.17. The molecule has 0 atom stereocenters. The van der Waals surface area contributed by atoms with Crippen LogP contribution in [0.15, 0.2) is 18.2 Å². The molecule has 0 aliphatic rings. The van der Waals surface area contributed by atoms with Gasteiger partial charge in [0, 0.05) is 17.7 Å². The first-order valence-corrected chi connectivity index (χ1v) is 3.66. The molecule has 5 nitrogen and oxygen atoms in total. The Labute approximate surface area is 79.2 Å². The molecule has 0 heterocycles. The Morgan fingerprint density at radius 2 is 1.64 bits per heavy atom. The lowest BCUT2D eigenvalue weighted by Crippen LogP contribution is -1.86. The second kappa shape index (κ2) is 3.69. The molecule has 0 aliphatic carbocycles. The lowest BCUT2D eigenvalue weighted by Gasteiger charge is -2.01. The van der Waals surface area contributed by atoms with Crippen LogP contribution < -0.4 is 0 Å². The number of carbonyl (C=O) groups is 1. The molecular formula is C9H8O5. The topological polar surface area (TPSA) is 98.0 Å². The van der Waals surface area contributed by atoms with Crippen molar-refractivity contribution in [2.75, 3.05) is 0 Å². The van der Waals surface area contributed by atoms with Crippen LogP contribution in [-0.2, 0) is 4.79 Å². The lowest BCUT2D eigenvalue weighted by molar-refractivity contribution is -0.131. The maximum absolute atomic E-state index is 10.2. The number of benzene rings is 1. The summed E-state index contributed by atoms with van der Waals surface area (Å²) < 4.78 is 0. The molecule has 0 spiro atoms. The number of hydrogen-bond donors (Lipinski definition) is 4. The van der Waals surface area contributed by atoms with Crippen LogP contribution in [0.5, 0.6) is 17.2 Å². The van der Waals surface area contributed by atoms with Crippen molar-refractivity contribution >= 4 is 12.0 Å². The van der Waals surface area contributed by atoms with Crippen LogP contribution in [0, 0.1) is 0 Å². The van der Waals surface area contributed by atoms with E-state index < -0.39 is 17.5 Å². The standard InChI is InChI=1S/C9H8O5/c10-6-4-8(12)7(11)3-5(6)1-2-9(13)14/h1-4,10-12H,(H,13,14)/b2-1-. The molecule has 0 radical (unpaired) electrons. The predicted molar refractivity (Wildman–Crippen MR) is 48.1 cm³/mol. The molecule has 0 aliphatic heterocycles. The molecule has 1 aromatic carbocycles. The largest absolute Gasteiger partial charge is 0.507 e. The van der Waals surface area contributed by atoms with E-state index in [9.17, 15) is 9.90 Å². The van der Waals surface area contributed by atoms with Crippen LogP contribution in [-0.4, -0.2) is 26.4 Å². The van der Waals surface area contributed by atoms with Gasteiger partial charge in [0.25, 0.3) is 0 Å². The summed E-state index contributed by atoms with van der Waals surface area (Å²) in [5, 5.41) is 35.5. The van der Waals surface area contributed by atoms with E-state index in [1.807, 2.05) is 0 Å². The van der Waals surface area contributed by atoms with Gasteiger partial charge in [-0.15, -0.1) is 0 Å². The highest BCUT2D eigenvalue weighted by Crippen LogP contribution is 2.32. The first-order chi connectivity index (χ1) is 6.50. The number of aromatic hydroxyl groups is 3. The van der Waals surface area contributed by atoms with E-state index in [-0.39, 0.29) is 11.3 Å². The molecule has 0 unspecified atom stereocenters. The quantitative estimate of drug-likeness (QED) is 0.320. The van der Waals surface area contributed by atoms with Crippen molar-refractivity contribution in [3.63, 3.8) is 0 Å². The normalized spacial score (nSPS) is 10.6. The highest BCUT2D eigenvalue weighted by atomic mass is 16.4. The van der Waals surface area contributed by atoms with Gasteiger partial charge >= 0.3 is 5.97 Å². The van der Waals surface area contributed by atoms with E-state index in [0.29, 0.717) is 0 Å². The molecule has 0 fully saturated rings. The van der Waals surface area contributed by atoms with Crippen LogP contribution in [0.25, 0.3) is 6.08 Å². The van der Waals surface area contributed by atoms with Gasteiger partial charge in [0.15, 0.2) is 11.5 Å². The average Bonchev–Trinajstić information content (AvgIpc) is 2.09. The van der Waals surface area contributed by atoms with Gasteiger partial charge in [-0.3, -0.25) is 0 Å². The van der Waals surface area contributed by atoms with Crippen molar-refractivity contribution < 1.29 is 25.2 Å². The van der Waals surface area contributed by atoms with Crippen LogP contribution >= 0.6 is 0 Å². The Morgan fingerprint density at radius 3 is 2.21 bits per heavy atom. The van der Waals surface area contributed by atoms with Crippen LogP contribution in [0.2, 0.25) is 0 Å². The van der Waals surface area contributed by atoms with Crippen molar-refractivity contribution in [1.29, 1.82) is 0 Å². The number of rotatable bonds is 2. The molecule has 1 aromatic rings. The highest BCUT2D eigenvalue weighted by Gasteiger charge is 2.05. The van der Waals surface area contributed by atoms with Gasteiger partial charge in [-0.05, 0) is 12.1 Å². The number of hydrogen-bond acceptors (Lipinski definition) is 4. The summed E-state index contributed by atoms with van der Waals surface area (Å²) in [5.74, 6) is -2.36. The zero-order valence-corrected chi connectivity index (χ0v) is 7.01. The maximum Gasteiger partial charge on any atom is 0.328 e. The number of aliphatic carboxylic acids is 1. The fourth-order valence-electron chi connectivity index (χ4n) is 0.877. The Kier molecular flexibility index (Phi) is 2.62. The van der Waals surface area contributed by atoms with Crippen molar-refractivity contribution in [2.24, 2.45) is 0 Å². The minimum absolute atomic E-state index is 0.114. The molecule has 0 saturated heterocycles. The van der Waals surface area contributed by atoms with Gasteiger partial charge in [-0.1, -0.05) is 0 Å². The van der Waals surface area contributed by atoms with Gasteiger partial charge in [0.1, 0.15) is 5.75 Å². The first kappa shape index (κ1) is 9.91. The third-order valence-electron chi connectivity index (χ3n) is 1.53. The number of phenolic OH excluding ortho intramolecular Hbond substituents is 3. The lowest BCUT2D eigenvalue weighted by atomic mass is 10.1. The van der Waals surface area contributed by atoms with E-state index >= 15 is 0 Å². The second-order valence-electron chi connectivity index (χ2n) is 2.57. The van der Waals surface area contributed by atoms with Crippen molar-refractivity contribution in [3.05, 3.63) is 23.8 Å². The molecule has 0 amide bonds. The van der Waals surface area contributed by atoms with Crippen molar-refractivity contribution in [1.82, 2.24) is 0 Å². The Morgan fingerprint density at radius 1 is 1.07 bits per heavy atom. The van der Waals surface area contributed by atoms with E-state index in [2.05, 4.69) is 0 Å². The second-order valence-corrected chi connectivity index (χ2v) is 2.57. The molecule has 0 bridgehead atoms. The van der Waals surface area contributed by atoms with Gasteiger partial charge < -0.3 is 20.4 Å². The van der Waals surface area contributed by atoms with Gasteiger partial charge in [-0.25, -0.2) is 4.79 Å². The zero-order chi connectivity index (χ0) is 10.7. The fourth-order valence-corrected chi connectivity index (χ4v) is 0.877. The van der Waals surface area contributed by atoms with E-state index in [1.165, 1.54) is 0 Å². The molecule has 0 aromatic heterocycles. The average molecular weight is 196 g/mol. The molecular weight excluding hydrogens is 188 g/mol. The molecule has 74 valence electrons. The zero-order valence-electron chi connectivity index (χ0n) is 7.01. The third kappa shape index (κ3) is 2.16. The number of carboxylic acid groups (broad SMARTS) is 1. The fraction of sp³-hybridized carbons (Fsp3) is 0. The van der Waals surface area contributed by atoms with Gasteiger partial charge in [-0.2, -0.15) is 0 Å².